The van der Waals surface area contributed by atoms with Gasteiger partial charge < -0.3 is 0 Å². The number of amides is 2. The molecule has 1 aliphatic heterocycles. The van der Waals surface area contributed by atoms with Crippen LogP contribution in [0.2, 0.25) is 10.0 Å². The van der Waals surface area contributed by atoms with Gasteiger partial charge in [0, 0.05) is 0 Å². The lowest BCUT2D eigenvalue weighted by molar-refractivity contribution is -0.125. The number of carbonyl (C=O) groups excluding carboxylic acids is 2. The van der Waals surface area contributed by atoms with E-state index in [0.29, 0.717) is 10.0 Å². The molecule has 1 fully saturated rings. The highest BCUT2D eigenvalue weighted by Gasteiger charge is 2.35. The number of carbonyl (C=O) groups is 2. The van der Waals surface area contributed by atoms with Crippen molar-refractivity contribution < 1.29 is 9.59 Å². The fraction of sp³-hybridized carbons (Fsp3) is 0.273. The van der Waals surface area contributed by atoms with E-state index in [9.17, 15) is 9.59 Å². The van der Waals surface area contributed by atoms with Crippen LogP contribution in [0.5, 0.6) is 0 Å². The van der Waals surface area contributed by atoms with Crippen LogP contribution in [0.4, 0.5) is 5.69 Å². The summed E-state index contributed by atoms with van der Waals surface area (Å²) < 4.78 is 0. The lowest BCUT2D eigenvalue weighted by atomic mass is 10.2. The van der Waals surface area contributed by atoms with Crippen LogP contribution in [0, 0.1) is 0 Å². The molecule has 1 unspecified atom stereocenters. The SMILES string of the molecule is CC1SCC(=O)N(c2c(Cl)cccc2Cl)C1=O. The normalized spacial score (nSPS) is 20.9. The maximum Gasteiger partial charge on any atom is 0.246 e. The molecule has 1 atom stereocenters. The van der Waals surface area contributed by atoms with Crippen molar-refractivity contribution in [3.05, 3.63) is 28.2 Å². The molecular formula is C11H9Cl2NO2S. The highest BCUT2D eigenvalue weighted by atomic mass is 35.5. The molecule has 0 aromatic heterocycles. The number of halogens is 2. The summed E-state index contributed by atoms with van der Waals surface area (Å²) in [5.74, 6) is -0.302. The van der Waals surface area contributed by atoms with Crippen molar-refractivity contribution in [2.24, 2.45) is 0 Å². The average Bonchev–Trinajstić information content (AvgIpc) is 2.28. The summed E-state index contributed by atoms with van der Waals surface area (Å²) >= 11 is 13.3. The first-order valence-electron chi connectivity index (χ1n) is 4.95. The maximum atomic E-state index is 12.0. The van der Waals surface area contributed by atoms with E-state index in [1.807, 2.05) is 0 Å². The van der Waals surface area contributed by atoms with Crippen molar-refractivity contribution in [2.45, 2.75) is 12.2 Å². The topological polar surface area (TPSA) is 37.4 Å². The Labute approximate surface area is 113 Å². The van der Waals surface area contributed by atoms with Crippen LogP contribution >= 0.6 is 35.0 Å². The van der Waals surface area contributed by atoms with Gasteiger partial charge in [-0.25, -0.2) is 4.90 Å². The maximum absolute atomic E-state index is 12.0. The van der Waals surface area contributed by atoms with Gasteiger partial charge >= 0.3 is 0 Å². The van der Waals surface area contributed by atoms with E-state index in [1.54, 1.807) is 25.1 Å². The Morgan fingerprint density at radius 2 is 1.88 bits per heavy atom. The largest absolute Gasteiger partial charge is 0.273 e. The summed E-state index contributed by atoms with van der Waals surface area (Å²) in [6.45, 7) is 1.76. The Morgan fingerprint density at radius 3 is 2.47 bits per heavy atom. The molecule has 3 nitrogen and oxygen atoms in total. The summed E-state index contributed by atoms with van der Waals surface area (Å²) in [5.41, 5.74) is 0.290. The molecule has 2 rings (SSSR count). The van der Waals surface area contributed by atoms with Gasteiger partial charge in [-0.05, 0) is 19.1 Å². The van der Waals surface area contributed by atoms with Gasteiger partial charge in [-0.3, -0.25) is 9.59 Å². The van der Waals surface area contributed by atoms with Gasteiger partial charge in [-0.15, -0.1) is 11.8 Å². The van der Waals surface area contributed by atoms with E-state index in [2.05, 4.69) is 0 Å². The molecule has 17 heavy (non-hydrogen) atoms. The summed E-state index contributed by atoms with van der Waals surface area (Å²) in [7, 11) is 0. The van der Waals surface area contributed by atoms with E-state index in [-0.39, 0.29) is 28.5 Å². The van der Waals surface area contributed by atoms with Crippen LogP contribution in [0.25, 0.3) is 0 Å². The number of benzene rings is 1. The first-order valence-corrected chi connectivity index (χ1v) is 6.75. The summed E-state index contributed by atoms with van der Waals surface area (Å²) in [6.07, 6.45) is 0. The Morgan fingerprint density at radius 1 is 1.29 bits per heavy atom. The molecule has 6 heteroatoms. The molecule has 1 aliphatic rings. The van der Waals surface area contributed by atoms with Gasteiger partial charge in [0.15, 0.2) is 0 Å². The van der Waals surface area contributed by atoms with Crippen molar-refractivity contribution >= 4 is 52.5 Å². The first-order chi connectivity index (χ1) is 8.02. The van der Waals surface area contributed by atoms with Crippen LogP contribution in [0.15, 0.2) is 18.2 Å². The molecular weight excluding hydrogens is 281 g/mol. The first kappa shape index (κ1) is 12.7. The van der Waals surface area contributed by atoms with Crippen molar-refractivity contribution in [1.29, 1.82) is 0 Å². The predicted octanol–water partition coefficient (Wildman–Crippen LogP) is 2.99. The number of rotatable bonds is 1. The van der Waals surface area contributed by atoms with E-state index < -0.39 is 0 Å². The van der Waals surface area contributed by atoms with Gasteiger partial charge in [-0.2, -0.15) is 0 Å². The third-order valence-corrected chi connectivity index (χ3v) is 4.16. The van der Waals surface area contributed by atoms with Gasteiger partial charge in [0.2, 0.25) is 11.8 Å². The molecule has 1 saturated heterocycles. The average molecular weight is 290 g/mol. The van der Waals surface area contributed by atoms with Gasteiger partial charge in [0.1, 0.15) is 0 Å². The second-order valence-electron chi connectivity index (χ2n) is 3.59. The van der Waals surface area contributed by atoms with E-state index in [4.69, 9.17) is 23.2 Å². The Kier molecular flexibility index (Phi) is 3.66. The van der Waals surface area contributed by atoms with Crippen molar-refractivity contribution in [1.82, 2.24) is 0 Å². The highest BCUT2D eigenvalue weighted by molar-refractivity contribution is 8.01. The fourth-order valence-corrected chi connectivity index (χ4v) is 2.91. The van der Waals surface area contributed by atoms with E-state index in [1.165, 1.54) is 11.8 Å². The fourth-order valence-electron chi connectivity index (χ4n) is 1.57. The number of imide groups is 1. The minimum atomic E-state index is -0.284. The molecule has 1 aromatic carbocycles. The molecule has 90 valence electrons. The third-order valence-electron chi connectivity index (χ3n) is 2.44. The number of thioether (sulfide) groups is 1. The van der Waals surface area contributed by atoms with Crippen LogP contribution < -0.4 is 4.90 Å². The Hall–Kier alpha value is -0.710. The Balaban J connectivity index is 2.50. The van der Waals surface area contributed by atoms with Crippen LogP contribution in [-0.2, 0) is 9.59 Å². The number of hydrogen-bond acceptors (Lipinski definition) is 3. The third kappa shape index (κ3) is 2.30. The van der Waals surface area contributed by atoms with Gasteiger partial charge in [0.25, 0.3) is 0 Å². The molecule has 1 heterocycles. The minimum absolute atomic E-state index is 0.258. The van der Waals surface area contributed by atoms with Crippen LogP contribution in [0.3, 0.4) is 0 Å². The van der Waals surface area contributed by atoms with Crippen LogP contribution in [0.1, 0.15) is 6.92 Å². The molecule has 0 spiro atoms. The zero-order chi connectivity index (χ0) is 12.6. The Bertz CT molecular complexity index is 472. The second-order valence-corrected chi connectivity index (χ2v) is 5.73. The standard InChI is InChI=1S/C11H9Cl2NO2S/c1-6-11(16)14(9(15)5-17-6)10-7(12)3-2-4-8(10)13/h2-4,6H,5H2,1H3. The molecule has 1 aromatic rings. The summed E-state index contributed by atoms with van der Waals surface area (Å²) in [6, 6.07) is 4.89. The lowest BCUT2D eigenvalue weighted by Crippen LogP contribution is -2.47. The number of para-hydroxylation sites is 1. The van der Waals surface area contributed by atoms with Crippen molar-refractivity contribution in [3.63, 3.8) is 0 Å². The second kappa shape index (κ2) is 4.88. The molecule has 0 radical (unpaired) electrons. The molecule has 0 aliphatic carbocycles. The smallest absolute Gasteiger partial charge is 0.246 e. The van der Waals surface area contributed by atoms with E-state index >= 15 is 0 Å². The quantitative estimate of drug-likeness (QED) is 0.746. The highest BCUT2D eigenvalue weighted by Crippen LogP contribution is 2.36. The molecule has 0 bridgehead atoms. The molecule has 0 N–H and O–H groups in total. The predicted molar refractivity (Wildman–Crippen MR) is 70.9 cm³/mol. The van der Waals surface area contributed by atoms with Gasteiger partial charge in [0.05, 0.1) is 26.7 Å². The number of hydrogen-bond donors (Lipinski definition) is 0. The van der Waals surface area contributed by atoms with Crippen molar-refractivity contribution in [2.75, 3.05) is 10.7 Å². The number of nitrogens with zero attached hydrogens (tertiary/aromatic N) is 1. The van der Waals surface area contributed by atoms with E-state index in [0.717, 1.165) is 4.90 Å². The zero-order valence-corrected chi connectivity index (χ0v) is 11.3. The summed E-state index contributed by atoms with van der Waals surface area (Å²) in [4.78, 5) is 24.9. The zero-order valence-electron chi connectivity index (χ0n) is 8.94. The summed E-state index contributed by atoms with van der Waals surface area (Å²) in [5, 5.41) is 0.344. The molecule has 2 amide bonds. The minimum Gasteiger partial charge on any atom is -0.273 e. The lowest BCUT2D eigenvalue weighted by Gasteiger charge is -2.29. The van der Waals surface area contributed by atoms with Crippen molar-refractivity contribution in [3.8, 4) is 0 Å². The number of anilines is 1. The molecule has 0 saturated carbocycles. The van der Waals surface area contributed by atoms with Gasteiger partial charge in [-0.1, -0.05) is 29.3 Å². The monoisotopic (exact) mass is 289 g/mol. The van der Waals surface area contributed by atoms with Crippen LogP contribution in [-0.4, -0.2) is 22.8 Å².